The highest BCUT2D eigenvalue weighted by Gasteiger charge is 2.65. The monoisotopic (exact) mass is 420 g/mol. The number of hydrogen-bond acceptors (Lipinski definition) is 3. The van der Waals surface area contributed by atoms with E-state index in [1.54, 1.807) is 0 Å². The molecule has 4 aliphatic rings. The summed E-state index contributed by atoms with van der Waals surface area (Å²) in [6.45, 7) is 9.36. The number of aliphatic hydroxyl groups excluding tert-OH is 2. The van der Waals surface area contributed by atoms with Crippen LogP contribution in [-0.2, 0) is 4.79 Å². The third-order valence-electron chi connectivity index (χ3n) is 10.9. The van der Waals surface area contributed by atoms with E-state index in [9.17, 15) is 15.0 Å². The van der Waals surface area contributed by atoms with Crippen molar-refractivity contribution in [2.24, 2.45) is 52.3 Å². The SMILES string of the molecule is CC[C@@H]1C2[C@H](O)CCC[C@]2(C)[C@H]2CC[C@]3(C)[C@@H]([C@H](C)CCC(=O)O)CC[C@H]3[C@@H]2[C@@H]1O. The van der Waals surface area contributed by atoms with E-state index < -0.39 is 5.97 Å². The molecule has 0 spiro atoms. The summed E-state index contributed by atoms with van der Waals surface area (Å²) in [6.07, 6.45) is 9.33. The van der Waals surface area contributed by atoms with E-state index in [-0.39, 0.29) is 41.3 Å². The number of carboxylic acids is 1. The molecule has 4 heteroatoms. The highest BCUT2D eigenvalue weighted by molar-refractivity contribution is 5.66. The molecule has 4 nitrogen and oxygen atoms in total. The number of carbonyl (C=O) groups is 1. The topological polar surface area (TPSA) is 77.8 Å². The lowest BCUT2D eigenvalue weighted by molar-refractivity contribution is -0.217. The first-order valence-electron chi connectivity index (χ1n) is 12.7. The average molecular weight is 421 g/mol. The molecule has 0 amide bonds. The van der Waals surface area contributed by atoms with Gasteiger partial charge in [-0.2, -0.15) is 0 Å². The second-order valence-corrected chi connectivity index (χ2v) is 12.0. The fourth-order valence-electron chi connectivity index (χ4n) is 9.65. The zero-order valence-corrected chi connectivity index (χ0v) is 19.5. The van der Waals surface area contributed by atoms with Gasteiger partial charge >= 0.3 is 5.97 Å². The molecule has 0 aromatic heterocycles. The van der Waals surface area contributed by atoms with Gasteiger partial charge in [0.25, 0.3) is 0 Å². The Kier molecular flexibility index (Phi) is 6.07. The van der Waals surface area contributed by atoms with Crippen LogP contribution in [0.25, 0.3) is 0 Å². The van der Waals surface area contributed by atoms with Crippen LogP contribution < -0.4 is 0 Å². The Bertz CT molecular complexity index is 649. The summed E-state index contributed by atoms with van der Waals surface area (Å²) in [4.78, 5) is 11.1. The van der Waals surface area contributed by atoms with Gasteiger partial charge in [-0.15, -0.1) is 0 Å². The standard InChI is InChI=1S/C26H44O4/c1-5-16-23-20(27)7-6-13-26(23,4)19-12-14-25(3)17(15(2)8-11-21(28)29)9-10-18(25)22(19)24(16)30/h15-20,22-24,27,30H,5-14H2,1-4H3,(H,28,29)/t15-,16-,17-,18+,19+,20-,22+,23?,24-,25-,26-/m1/s1. The molecule has 172 valence electrons. The highest BCUT2D eigenvalue weighted by Crippen LogP contribution is 2.69. The van der Waals surface area contributed by atoms with Crippen LogP contribution in [0.15, 0.2) is 0 Å². The van der Waals surface area contributed by atoms with E-state index in [2.05, 4.69) is 27.7 Å². The Morgan fingerprint density at radius 1 is 1.03 bits per heavy atom. The first kappa shape index (κ1) is 22.6. The van der Waals surface area contributed by atoms with Crippen molar-refractivity contribution < 1.29 is 20.1 Å². The summed E-state index contributed by atoms with van der Waals surface area (Å²) in [5.41, 5.74) is 0.366. The highest BCUT2D eigenvalue weighted by atomic mass is 16.4. The molecule has 0 aliphatic heterocycles. The molecular formula is C26H44O4. The van der Waals surface area contributed by atoms with E-state index in [0.717, 1.165) is 32.1 Å². The van der Waals surface area contributed by atoms with E-state index >= 15 is 0 Å². The number of carboxylic acid groups (broad SMARTS) is 1. The van der Waals surface area contributed by atoms with Gasteiger partial charge in [0.05, 0.1) is 12.2 Å². The molecule has 4 aliphatic carbocycles. The van der Waals surface area contributed by atoms with E-state index in [1.165, 1.54) is 25.7 Å². The molecule has 0 aromatic rings. The normalized spacial score (nSPS) is 51.5. The maximum absolute atomic E-state index is 11.7. The third-order valence-corrected chi connectivity index (χ3v) is 10.9. The Hall–Kier alpha value is -0.610. The summed E-state index contributed by atoms with van der Waals surface area (Å²) in [5.74, 6) is 2.15. The van der Waals surface area contributed by atoms with E-state index in [1.807, 2.05) is 0 Å². The van der Waals surface area contributed by atoms with Crippen LogP contribution in [-0.4, -0.2) is 33.5 Å². The van der Waals surface area contributed by atoms with Crippen molar-refractivity contribution in [3.05, 3.63) is 0 Å². The van der Waals surface area contributed by atoms with Crippen molar-refractivity contribution in [3.8, 4) is 0 Å². The lowest BCUT2D eigenvalue weighted by Crippen LogP contribution is -2.63. The first-order valence-corrected chi connectivity index (χ1v) is 12.7. The molecule has 4 rings (SSSR count). The van der Waals surface area contributed by atoms with Gasteiger partial charge in [-0.1, -0.05) is 40.5 Å². The smallest absolute Gasteiger partial charge is 0.303 e. The summed E-state index contributed by atoms with van der Waals surface area (Å²) in [6, 6.07) is 0. The minimum atomic E-state index is -0.687. The van der Waals surface area contributed by atoms with Crippen molar-refractivity contribution in [3.63, 3.8) is 0 Å². The number of hydrogen-bond donors (Lipinski definition) is 3. The average Bonchev–Trinajstić information content (AvgIpc) is 3.04. The number of aliphatic hydroxyl groups is 2. The Labute approximate surface area is 182 Å². The van der Waals surface area contributed by atoms with Crippen LogP contribution in [0.3, 0.4) is 0 Å². The van der Waals surface area contributed by atoms with Crippen LogP contribution in [0.1, 0.15) is 91.9 Å². The quantitative estimate of drug-likeness (QED) is 0.577. The fraction of sp³-hybridized carbons (Fsp3) is 0.962. The number of fused-ring (bicyclic) bond motifs is 5. The van der Waals surface area contributed by atoms with E-state index in [0.29, 0.717) is 29.6 Å². The minimum absolute atomic E-state index is 0.149. The number of aliphatic carboxylic acids is 1. The van der Waals surface area contributed by atoms with Crippen molar-refractivity contribution in [2.45, 2.75) is 104 Å². The molecular weight excluding hydrogens is 376 g/mol. The second-order valence-electron chi connectivity index (χ2n) is 12.0. The van der Waals surface area contributed by atoms with Crippen LogP contribution >= 0.6 is 0 Å². The lowest BCUT2D eigenvalue weighted by atomic mass is 9.41. The van der Waals surface area contributed by atoms with Crippen LogP contribution in [0.5, 0.6) is 0 Å². The maximum Gasteiger partial charge on any atom is 0.303 e. The minimum Gasteiger partial charge on any atom is -0.481 e. The Morgan fingerprint density at radius 2 is 1.73 bits per heavy atom. The predicted molar refractivity (Wildman–Crippen MR) is 118 cm³/mol. The summed E-state index contributed by atoms with van der Waals surface area (Å²) < 4.78 is 0. The van der Waals surface area contributed by atoms with Gasteiger partial charge in [-0.05, 0) is 97.2 Å². The van der Waals surface area contributed by atoms with Gasteiger partial charge in [0.1, 0.15) is 0 Å². The first-order chi connectivity index (χ1) is 14.1. The summed E-state index contributed by atoms with van der Waals surface area (Å²) >= 11 is 0. The van der Waals surface area contributed by atoms with Crippen molar-refractivity contribution in [1.82, 2.24) is 0 Å². The largest absolute Gasteiger partial charge is 0.481 e. The molecule has 0 aromatic carbocycles. The van der Waals surface area contributed by atoms with Gasteiger partial charge < -0.3 is 15.3 Å². The van der Waals surface area contributed by atoms with Crippen molar-refractivity contribution in [1.29, 1.82) is 0 Å². The van der Waals surface area contributed by atoms with Gasteiger partial charge in [0, 0.05) is 6.42 Å². The third kappa shape index (κ3) is 3.27. The zero-order chi connectivity index (χ0) is 21.8. The molecule has 0 heterocycles. The predicted octanol–water partition coefficient (Wildman–Crippen LogP) is 5.11. The van der Waals surface area contributed by atoms with Gasteiger partial charge in [0.2, 0.25) is 0 Å². The molecule has 3 N–H and O–H groups in total. The summed E-state index contributed by atoms with van der Waals surface area (Å²) in [7, 11) is 0. The summed E-state index contributed by atoms with van der Waals surface area (Å²) in [5, 5.41) is 31.8. The van der Waals surface area contributed by atoms with Gasteiger partial charge in [0.15, 0.2) is 0 Å². The Morgan fingerprint density at radius 3 is 2.40 bits per heavy atom. The Balaban J connectivity index is 1.63. The van der Waals surface area contributed by atoms with Gasteiger partial charge in [-0.3, -0.25) is 4.79 Å². The zero-order valence-electron chi connectivity index (χ0n) is 19.5. The lowest BCUT2D eigenvalue weighted by Gasteiger charge is -2.65. The molecule has 1 unspecified atom stereocenters. The second kappa shape index (κ2) is 8.06. The van der Waals surface area contributed by atoms with E-state index in [4.69, 9.17) is 5.11 Å². The molecule has 4 fully saturated rings. The van der Waals surface area contributed by atoms with Crippen LogP contribution in [0.2, 0.25) is 0 Å². The number of rotatable bonds is 5. The van der Waals surface area contributed by atoms with Crippen molar-refractivity contribution >= 4 is 5.97 Å². The van der Waals surface area contributed by atoms with Crippen molar-refractivity contribution in [2.75, 3.05) is 0 Å². The molecule has 0 radical (unpaired) electrons. The fourth-order valence-corrected chi connectivity index (χ4v) is 9.65. The van der Waals surface area contributed by atoms with Gasteiger partial charge in [-0.25, -0.2) is 0 Å². The molecule has 30 heavy (non-hydrogen) atoms. The molecule has 11 atom stereocenters. The molecule has 0 bridgehead atoms. The molecule has 0 saturated heterocycles. The molecule has 4 saturated carbocycles. The van der Waals surface area contributed by atoms with Crippen LogP contribution in [0, 0.1) is 52.3 Å². The van der Waals surface area contributed by atoms with Crippen LogP contribution in [0.4, 0.5) is 0 Å². The maximum atomic E-state index is 11.7.